The van der Waals surface area contributed by atoms with Crippen molar-refractivity contribution >= 4 is 0 Å². The second-order valence-corrected chi connectivity index (χ2v) is 8.07. The molecule has 6 atom stereocenters. The van der Waals surface area contributed by atoms with Crippen molar-refractivity contribution in [1.82, 2.24) is 0 Å². The van der Waals surface area contributed by atoms with Gasteiger partial charge in [-0.15, -0.1) is 0 Å². The van der Waals surface area contributed by atoms with Gasteiger partial charge in [-0.25, -0.2) is 0 Å². The van der Waals surface area contributed by atoms with Crippen molar-refractivity contribution in [3.05, 3.63) is 58.7 Å². The first-order valence-corrected chi connectivity index (χ1v) is 10.5. The van der Waals surface area contributed by atoms with Gasteiger partial charge in [-0.1, -0.05) is 31.2 Å². The van der Waals surface area contributed by atoms with Gasteiger partial charge in [-0.05, 0) is 43.0 Å². The van der Waals surface area contributed by atoms with Crippen molar-refractivity contribution in [1.29, 1.82) is 0 Å². The maximum atomic E-state index is 10.4. The van der Waals surface area contributed by atoms with Crippen molar-refractivity contribution in [2.45, 2.75) is 70.4 Å². The van der Waals surface area contributed by atoms with E-state index in [1.165, 1.54) is 12.5 Å². The third-order valence-electron chi connectivity index (χ3n) is 5.78. The standard InChI is InChI=1S/C24H32O7/c1-5-15-6-8-16(9-7-15)11-18-13(2)10-17(29-4)12-19(18)30-24-22(28)20(26)21(27)23(31-24)14(3)25/h6-10,12,14,20-28H,5,11H2,1-4H3/t14?,20-,21-,22+,23?,24+/m0/s1. The van der Waals surface area contributed by atoms with E-state index in [4.69, 9.17) is 14.2 Å². The number of aryl methyl sites for hydroxylation is 2. The maximum Gasteiger partial charge on any atom is 0.229 e. The Morgan fingerprint density at radius 3 is 2.23 bits per heavy atom. The van der Waals surface area contributed by atoms with Crippen LogP contribution >= 0.6 is 0 Å². The van der Waals surface area contributed by atoms with Crippen molar-refractivity contribution in [2.75, 3.05) is 7.11 Å². The molecule has 31 heavy (non-hydrogen) atoms. The molecule has 1 saturated heterocycles. The highest BCUT2D eigenvalue weighted by molar-refractivity contribution is 5.48. The molecule has 0 radical (unpaired) electrons. The van der Waals surface area contributed by atoms with Crippen LogP contribution in [0.3, 0.4) is 0 Å². The van der Waals surface area contributed by atoms with Crippen molar-refractivity contribution in [3.8, 4) is 11.5 Å². The Bertz CT molecular complexity index is 865. The van der Waals surface area contributed by atoms with E-state index in [0.717, 1.165) is 23.1 Å². The van der Waals surface area contributed by atoms with E-state index in [2.05, 4.69) is 31.2 Å². The monoisotopic (exact) mass is 432 g/mol. The molecule has 0 aromatic heterocycles. The van der Waals surface area contributed by atoms with E-state index < -0.39 is 36.8 Å². The van der Waals surface area contributed by atoms with Crippen LogP contribution < -0.4 is 9.47 Å². The van der Waals surface area contributed by atoms with Crippen LogP contribution in [0.5, 0.6) is 11.5 Å². The van der Waals surface area contributed by atoms with E-state index in [-0.39, 0.29) is 0 Å². The number of aliphatic hydroxyl groups excluding tert-OH is 4. The number of aliphatic hydroxyl groups is 4. The number of rotatable bonds is 7. The van der Waals surface area contributed by atoms with Gasteiger partial charge in [0.2, 0.25) is 6.29 Å². The number of methoxy groups -OCH3 is 1. The summed E-state index contributed by atoms with van der Waals surface area (Å²) < 4.78 is 17.0. The normalized spacial score (nSPS) is 27.0. The Hall–Kier alpha value is -2.16. The predicted molar refractivity (Wildman–Crippen MR) is 115 cm³/mol. The summed E-state index contributed by atoms with van der Waals surface area (Å²) in [5.74, 6) is 1.02. The quantitative estimate of drug-likeness (QED) is 0.528. The first-order chi connectivity index (χ1) is 14.7. The minimum absolute atomic E-state index is 0.438. The van der Waals surface area contributed by atoms with Gasteiger partial charge in [0.1, 0.15) is 35.9 Å². The molecule has 7 heteroatoms. The van der Waals surface area contributed by atoms with E-state index in [1.807, 2.05) is 13.0 Å². The zero-order valence-electron chi connectivity index (χ0n) is 18.4. The number of ether oxygens (including phenoxy) is 3. The summed E-state index contributed by atoms with van der Waals surface area (Å²) in [5, 5.41) is 40.7. The molecule has 7 nitrogen and oxygen atoms in total. The molecule has 4 N–H and O–H groups in total. The van der Waals surface area contributed by atoms with Crippen molar-refractivity contribution in [2.24, 2.45) is 0 Å². The van der Waals surface area contributed by atoms with E-state index >= 15 is 0 Å². The molecule has 0 aliphatic carbocycles. The van der Waals surface area contributed by atoms with Crippen LogP contribution in [0.15, 0.2) is 36.4 Å². The van der Waals surface area contributed by atoms with Crippen LogP contribution in [-0.2, 0) is 17.6 Å². The Morgan fingerprint density at radius 1 is 1.00 bits per heavy atom. The van der Waals surface area contributed by atoms with Crippen molar-refractivity contribution in [3.63, 3.8) is 0 Å². The van der Waals surface area contributed by atoms with Crippen molar-refractivity contribution < 1.29 is 34.6 Å². The maximum absolute atomic E-state index is 10.4. The fourth-order valence-electron chi connectivity index (χ4n) is 3.79. The first-order valence-electron chi connectivity index (χ1n) is 10.5. The zero-order chi connectivity index (χ0) is 22.7. The summed E-state index contributed by atoms with van der Waals surface area (Å²) in [6.45, 7) is 5.49. The van der Waals surface area contributed by atoms with Gasteiger partial charge in [0.25, 0.3) is 0 Å². The lowest BCUT2D eigenvalue weighted by atomic mass is 9.95. The van der Waals surface area contributed by atoms with Crippen LogP contribution in [0.1, 0.15) is 36.1 Å². The molecule has 2 aromatic rings. The van der Waals surface area contributed by atoms with E-state index in [0.29, 0.717) is 17.9 Å². The molecule has 3 rings (SSSR count). The highest BCUT2D eigenvalue weighted by Crippen LogP contribution is 2.34. The summed E-state index contributed by atoms with van der Waals surface area (Å²) in [6, 6.07) is 11.9. The molecule has 1 aliphatic rings. The van der Waals surface area contributed by atoms with E-state index in [9.17, 15) is 20.4 Å². The Kier molecular flexibility index (Phi) is 7.56. The minimum Gasteiger partial charge on any atom is -0.497 e. The molecule has 1 heterocycles. The topological polar surface area (TPSA) is 109 Å². The number of hydrogen-bond acceptors (Lipinski definition) is 7. The SMILES string of the molecule is CCc1ccc(Cc2c(C)cc(OC)cc2O[C@@H]2OC(C(C)O)[C@@H](O)[C@H](O)[C@H]2O)cc1. The van der Waals surface area contributed by atoms with Gasteiger partial charge < -0.3 is 34.6 Å². The van der Waals surface area contributed by atoms with E-state index in [1.54, 1.807) is 13.2 Å². The Morgan fingerprint density at radius 2 is 1.65 bits per heavy atom. The molecular formula is C24H32O7. The third kappa shape index (κ3) is 5.19. The number of benzene rings is 2. The van der Waals surface area contributed by atoms with Gasteiger partial charge in [0, 0.05) is 18.1 Å². The summed E-state index contributed by atoms with van der Waals surface area (Å²) in [4.78, 5) is 0. The Balaban J connectivity index is 1.92. The second kappa shape index (κ2) is 9.97. The van der Waals surface area contributed by atoms with Crippen LogP contribution in [0.2, 0.25) is 0 Å². The lowest BCUT2D eigenvalue weighted by Crippen LogP contribution is -2.61. The Labute approximate surface area is 182 Å². The van der Waals surface area contributed by atoms with Crippen LogP contribution in [-0.4, -0.2) is 64.3 Å². The van der Waals surface area contributed by atoms with Crippen LogP contribution in [0, 0.1) is 6.92 Å². The molecule has 0 bridgehead atoms. The lowest BCUT2D eigenvalue weighted by molar-refractivity contribution is -0.286. The molecule has 2 aromatic carbocycles. The van der Waals surface area contributed by atoms with Gasteiger partial charge in [0.05, 0.1) is 13.2 Å². The third-order valence-corrected chi connectivity index (χ3v) is 5.78. The van der Waals surface area contributed by atoms with Gasteiger partial charge in [0.15, 0.2) is 0 Å². The molecule has 1 aliphatic heterocycles. The van der Waals surface area contributed by atoms with Crippen LogP contribution in [0.4, 0.5) is 0 Å². The second-order valence-electron chi connectivity index (χ2n) is 8.07. The van der Waals surface area contributed by atoms with Gasteiger partial charge >= 0.3 is 0 Å². The molecule has 2 unspecified atom stereocenters. The zero-order valence-corrected chi connectivity index (χ0v) is 18.4. The highest BCUT2D eigenvalue weighted by Gasteiger charge is 2.46. The highest BCUT2D eigenvalue weighted by atomic mass is 16.7. The molecule has 170 valence electrons. The minimum atomic E-state index is -1.52. The predicted octanol–water partition coefficient (Wildman–Crippen LogP) is 1.72. The average molecular weight is 433 g/mol. The number of hydrogen-bond donors (Lipinski definition) is 4. The fourth-order valence-corrected chi connectivity index (χ4v) is 3.79. The first kappa shape index (κ1) is 23.5. The average Bonchev–Trinajstić information content (AvgIpc) is 2.76. The summed E-state index contributed by atoms with van der Waals surface area (Å²) in [7, 11) is 1.55. The molecule has 0 saturated carbocycles. The summed E-state index contributed by atoms with van der Waals surface area (Å²) in [5.41, 5.74) is 4.17. The summed E-state index contributed by atoms with van der Waals surface area (Å²) in [6.07, 6.45) is -6.33. The summed E-state index contributed by atoms with van der Waals surface area (Å²) >= 11 is 0. The molecule has 0 spiro atoms. The van der Waals surface area contributed by atoms with Gasteiger partial charge in [-0.3, -0.25) is 0 Å². The van der Waals surface area contributed by atoms with Crippen LogP contribution in [0.25, 0.3) is 0 Å². The van der Waals surface area contributed by atoms with Gasteiger partial charge in [-0.2, -0.15) is 0 Å². The molecule has 0 amide bonds. The molecular weight excluding hydrogens is 400 g/mol. The largest absolute Gasteiger partial charge is 0.497 e. The smallest absolute Gasteiger partial charge is 0.229 e. The fraction of sp³-hybridized carbons (Fsp3) is 0.500. The molecule has 1 fully saturated rings. The lowest BCUT2D eigenvalue weighted by Gasteiger charge is -2.41.